The summed E-state index contributed by atoms with van der Waals surface area (Å²) < 4.78 is 1.04. The van der Waals surface area contributed by atoms with Crippen molar-refractivity contribution in [2.75, 3.05) is 11.9 Å². The molecule has 2 aromatic carbocycles. The predicted molar refractivity (Wildman–Crippen MR) is 90.4 cm³/mol. The number of carbonyl (C=O) groups is 1. The Hall–Kier alpha value is -1.81. The van der Waals surface area contributed by atoms with E-state index in [1.165, 1.54) is 11.1 Å². The van der Waals surface area contributed by atoms with Gasteiger partial charge in [0.25, 0.3) is 0 Å². The van der Waals surface area contributed by atoms with Gasteiger partial charge in [-0.25, -0.2) is 0 Å². The van der Waals surface area contributed by atoms with Crippen molar-refractivity contribution in [3.05, 3.63) is 63.6 Å². The van der Waals surface area contributed by atoms with Gasteiger partial charge in [0.1, 0.15) is 0 Å². The first kappa shape index (κ1) is 15.6. The number of halogens is 1. The number of rotatable bonds is 5. The van der Waals surface area contributed by atoms with E-state index in [2.05, 4.69) is 26.6 Å². The Bertz CT molecular complexity index is 640. The van der Waals surface area contributed by atoms with Gasteiger partial charge in [0.15, 0.2) is 0 Å². The fraction of sp³-hybridized carbons (Fsp3) is 0.235. The number of hydrogen-bond donors (Lipinski definition) is 2. The molecule has 2 N–H and O–H groups in total. The summed E-state index contributed by atoms with van der Waals surface area (Å²) in [6.45, 7) is 4.90. The van der Waals surface area contributed by atoms with Crippen molar-refractivity contribution in [2.24, 2.45) is 0 Å². The molecule has 0 aliphatic heterocycles. The second-order valence-electron chi connectivity index (χ2n) is 5.02. The largest absolute Gasteiger partial charge is 0.376 e. The summed E-state index contributed by atoms with van der Waals surface area (Å²) in [5.74, 6) is -0.0186. The SMILES string of the molecule is Cc1ccc(NCC(=O)NCc2ccccc2C)cc1Br. The van der Waals surface area contributed by atoms with Crippen LogP contribution >= 0.6 is 15.9 Å². The number of hydrogen-bond acceptors (Lipinski definition) is 2. The number of aryl methyl sites for hydroxylation is 2. The Morgan fingerprint density at radius 2 is 1.86 bits per heavy atom. The van der Waals surface area contributed by atoms with E-state index in [1.807, 2.05) is 56.3 Å². The summed E-state index contributed by atoms with van der Waals surface area (Å²) >= 11 is 3.48. The minimum atomic E-state index is -0.0186. The maximum Gasteiger partial charge on any atom is 0.239 e. The van der Waals surface area contributed by atoms with Crippen LogP contribution in [0.25, 0.3) is 0 Å². The quantitative estimate of drug-likeness (QED) is 0.864. The van der Waals surface area contributed by atoms with Gasteiger partial charge in [-0.2, -0.15) is 0 Å². The van der Waals surface area contributed by atoms with E-state index in [-0.39, 0.29) is 12.5 Å². The normalized spacial score (nSPS) is 10.2. The Morgan fingerprint density at radius 1 is 1.10 bits per heavy atom. The molecule has 0 radical (unpaired) electrons. The molecule has 0 aliphatic carbocycles. The first-order valence-corrected chi connectivity index (χ1v) is 7.67. The van der Waals surface area contributed by atoms with Crippen molar-refractivity contribution >= 4 is 27.5 Å². The van der Waals surface area contributed by atoms with E-state index in [0.717, 1.165) is 15.7 Å². The number of nitrogens with one attached hydrogen (secondary N) is 2. The lowest BCUT2D eigenvalue weighted by molar-refractivity contribution is -0.119. The van der Waals surface area contributed by atoms with Gasteiger partial charge in [-0.05, 0) is 42.7 Å². The molecule has 2 aromatic rings. The molecule has 110 valence electrons. The fourth-order valence-corrected chi connectivity index (χ4v) is 2.33. The molecule has 1 amide bonds. The van der Waals surface area contributed by atoms with E-state index >= 15 is 0 Å². The highest BCUT2D eigenvalue weighted by Gasteiger charge is 2.03. The topological polar surface area (TPSA) is 41.1 Å². The van der Waals surface area contributed by atoms with E-state index in [1.54, 1.807) is 0 Å². The molecule has 0 unspecified atom stereocenters. The lowest BCUT2D eigenvalue weighted by atomic mass is 10.1. The average molecular weight is 347 g/mol. The van der Waals surface area contributed by atoms with Gasteiger partial charge in [-0.1, -0.05) is 46.3 Å². The van der Waals surface area contributed by atoms with Crippen LogP contribution in [-0.4, -0.2) is 12.5 Å². The van der Waals surface area contributed by atoms with Crippen molar-refractivity contribution in [1.29, 1.82) is 0 Å². The molecular weight excluding hydrogens is 328 g/mol. The summed E-state index contributed by atoms with van der Waals surface area (Å²) in [5.41, 5.74) is 4.43. The third-order valence-corrected chi connectivity index (χ3v) is 4.22. The van der Waals surface area contributed by atoms with Crippen molar-refractivity contribution in [1.82, 2.24) is 5.32 Å². The molecule has 21 heavy (non-hydrogen) atoms. The van der Waals surface area contributed by atoms with Crippen LogP contribution in [0.15, 0.2) is 46.9 Å². The lowest BCUT2D eigenvalue weighted by Crippen LogP contribution is -2.29. The number of anilines is 1. The number of carbonyl (C=O) groups excluding carboxylic acids is 1. The molecule has 4 heteroatoms. The van der Waals surface area contributed by atoms with Crippen LogP contribution in [0.1, 0.15) is 16.7 Å². The Morgan fingerprint density at radius 3 is 2.57 bits per heavy atom. The third-order valence-electron chi connectivity index (χ3n) is 3.36. The molecule has 0 saturated carbocycles. The van der Waals surface area contributed by atoms with Crippen LogP contribution in [0.5, 0.6) is 0 Å². The van der Waals surface area contributed by atoms with Gasteiger partial charge in [0, 0.05) is 16.7 Å². The minimum Gasteiger partial charge on any atom is -0.376 e. The first-order chi connectivity index (χ1) is 10.1. The van der Waals surface area contributed by atoms with Gasteiger partial charge < -0.3 is 10.6 Å². The van der Waals surface area contributed by atoms with Crippen LogP contribution in [-0.2, 0) is 11.3 Å². The second-order valence-corrected chi connectivity index (χ2v) is 5.88. The average Bonchev–Trinajstić information content (AvgIpc) is 2.47. The molecule has 0 aliphatic rings. The summed E-state index contributed by atoms with van der Waals surface area (Å²) in [5, 5.41) is 6.04. The smallest absolute Gasteiger partial charge is 0.239 e. The summed E-state index contributed by atoms with van der Waals surface area (Å²) in [7, 11) is 0. The van der Waals surface area contributed by atoms with Gasteiger partial charge in [0.05, 0.1) is 6.54 Å². The zero-order chi connectivity index (χ0) is 15.2. The molecule has 0 aromatic heterocycles. The number of amides is 1. The Balaban J connectivity index is 1.82. The highest BCUT2D eigenvalue weighted by Crippen LogP contribution is 2.20. The van der Waals surface area contributed by atoms with Crippen molar-refractivity contribution in [2.45, 2.75) is 20.4 Å². The van der Waals surface area contributed by atoms with Gasteiger partial charge in [-0.3, -0.25) is 4.79 Å². The third kappa shape index (κ3) is 4.60. The molecule has 0 fully saturated rings. The standard InChI is InChI=1S/C17H19BrN2O/c1-12-5-3-4-6-14(12)10-20-17(21)11-19-15-8-7-13(2)16(18)9-15/h3-9,19H,10-11H2,1-2H3,(H,20,21). The maximum absolute atomic E-state index is 11.9. The van der Waals surface area contributed by atoms with E-state index in [4.69, 9.17) is 0 Å². The molecule has 3 nitrogen and oxygen atoms in total. The summed E-state index contributed by atoms with van der Waals surface area (Å²) in [6.07, 6.45) is 0. The highest BCUT2D eigenvalue weighted by molar-refractivity contribution is 9.10. The predicted octanol–water partition coefficient (Wildman–Crippen LogP) is 3.79. The first-order valence-electron chi connectivity index (χ1n) is 6.87. The molecule has 0 bridgehead atoms. The zero-order valence-electron chi connectivity index (χ0n) is 12.2. The van der Waals surface area contributed by atoms with E-state index < -0.39 is 0 Å². The van der Waals surface area contributed by atoms with Crippen LogP contribution < -0.4 is 10.6 Å². The molecule has 0 spiro atoms. The molecular formula is C17H19BrN2O. The van der Waals surface area contributed by atoms with Crippen LogP contribution in [0.2, 0.25) is 0 Å². The van der Waals surface area contributed by atoms with Gasteiger partial charge in [0.2, 0.25) is 5.91 Å². The van der Waals surface area contributed by atoms with Crippen LogP contribution in [0.4, 0.5) is 5.69 Å². The van der Waals surface area contributed by atoms with Crippen molar-refractivity contribution < 1.29 is 4.79 Å². The zero-order valence-corrected chi connectivity index (χ0v) is 13.8. The lowest BCUT2D eigenvalue weighted by Gasteiger charge is -2.10. The fourth-order valence-electron chi connectivity index (χ4n) is 1.95. The van der Waals surface area contributed by atoms with Gasteiger partial charge in [-0.15, -0.1) is 0 Å². The Labute approximate surface area is 133 Å². The van der Waals surface area contributed by atoms with Gasteiger partial charge >= 0.3 is 0 Å². The van der Waals surface area contributed by atoms with E-state index in [9.17, 15) is 4.79 Å². The molecule has 0 atom stereocenters. The molecule has 0 saturated heterocycles. The van der Waals surface area contributed by atoms with Crippen LogP contribution in [0, 0.1) is 13.8 Å². The second kappa shape index (κ2) is 7.27. The van der Waals surface area contributed by atoms with E-state index in [0.29, 0.717) is 6.54 Å². The molecule has 0 heterocycles. The molecule has 2 rings (SSSR count). The number of benzene rings is 2. The maximum atomic E-state index is 11.9. The Kier molecular flexibility index (Phi) is 5.39. The van der Waals surface area contributed by atoms with Crippen LogP contribution in [0.3, 0.4) is 0 Å². The highest BCUT2D eigenvalue weighted by atomic mass is 79.9. The minimum absolute atomic E-state index is 0.0186. The van der Waals surface area contributed by atoms with Crippen molar-refractivity contribution in [3.63, 3.8) is 0 Å². The summed E-state index contributed by atoms with van der Waals surface area (Å²) in [4.78, 5) is 11.9. The van der Waals surface area contributed by atoms with Crippen molar-refractivity contribution in [3.8, 4) is 0 Å². The monoisotopic (exact) mass is 346 g/mol. The summed E-state index contributed by atoms with van der Waals surface area (Å²) in [6, 6.07) is 14.0.